The van der Waals surface area contributed by atoms with Gasteiger partial charge in [-0.25, -0.2) is 12.7 Å². The summed E-state index contributed by atoms with van der Waals surface area (Å²) in [4.78, 5) is 12.6. The maximum Gasteiger partial charge on any atom is 0.223 e. The molecule has 0 spiro atoms. The van der Waals surface area contributed by atoms with Gasteiger partial charge in [0.1, 0.15) is 0 Å². The Morgan fingerprint density at radius 2 is 1.85 bits per heavy atom. The maximum absolute atomic E-state index is 12.6. The second-order valence-electron chi connectivity index (χ2n) is 6.42. The molecule has 1 aromatic rings. The van der Waals surface area contributed by atoms with Crippen LogP contribution in [0.4, 0.5) is 0 Å². The maximum atomic E-state index is 12.6. The third kappa shape index (κ3) is 4.67. The number of hydrogen-bond acceptors (Lipinski definition) is 5. The van der Waals surface area contributed by atoms with Crippen LogP contribution in [0.1, 0.15) is 38.3 Å². The predicted octanol–water partition coefficient (Wildman–Crippen LogP) is 1.94. The highest BCUT2D eigenvalue weighted by Crippen LogP contribution is 2.30. The minimum absolute atomic E-state index is 0.0409. The van der Waals surface area contributed by atoms with E-state index in [0.29, 0.717) is 37.4 Å². The molecule has 1 aromatic carbocycles. The second kappa shape index (κ2) is 8.73. The molecule has 1 heterocycles. The minimum Gasteiger partial charge on any atom is -0.493 e. The first kappa shape index (κ1) is 20.5. The number of carbonyl (C=O) groups is 1. The molecule has 1 amide bonds. The molecule has 0 unspecified atom stereocenters. The Labute approximate surface area is 155 Å². The van der Waals surface area contributed by atoms with Crippen LogP contribution in [0.5, 0.6) is 11.5 Å². The molecule has 0 bridgehead atoms. The Hall–Kier alpha value is -1.80. The Bertz CT molecular complexity index is 727. The fraction of sp³-hybridized carbons (Fsp3) is 0.611. The van der Waals surface area contributed by atoms with Gasteiger partial charge in [0.25, 0.3) is 0 Å². The number of hydrogen-bond donors (Lipinski definition) is 1. The van der Waals surface area contributed by atoms with E-state index in [1.807, 2.05) is 25.1 Å². The summed E-state index contributed by atoms with van der Waals surface area (Å²) in [6, 6.07) is 5.37. The molecule has 1 atom stereocenters. The van der Waals surface area contributed by atoms with Crippen LogP contribution in [0.2, 0.25) is 0 Å². The molecule has 0 radical (unpaired) electrons. The number of rotatable bonds is 7. The zero-order valence-corrected chi connectivity index (χ0v) is 16.6. The summed E-state index contributed by atoms with van der Waals surface area (Å²) < 4.78 is 35.8. The Balaban J connectivity index is 1.96. The van der Waals surface area contributed by atoms with Gasteiger partial charge in [0.05, 0.1) is 26.0 Å². The number of carbonyl (C=O) groups excluding carboxylic acids is 1. The molecule has 1 N–H and O–H groups in total. The van der Waals surface area contributed by atoms with Crippen molar-refractivity contribution in [1.82, 2.24) is 9.62 Å². The molecule has 7 nitrogen and oxygen atoms in total. The number of methoxy groups -OCH3 is 2. The summed E-state index contributed by atoms with van der Waals surface area (Å²) in [6.07, 6.45) is 1.09. The van der Waals surface area contributed by atoms with E-state index in [0.717, 1.165) is 5.56 Å². The first-order valence-electron chi connectivity index (χ1n) is 8.82. The molecular weight excluding hydrogens is 356 g/mol. The zero-order valence-electron chi connectivity index (χ0n) is 15.8. The number of ether oxygens (including phenoxy) is 2. The summed E-state index contributed by atoms with van der Waals surface area (Å²) >= 11 is 0. The van der Waals surface area contributed by atoms with Gasteiger partial charge in [-0.15, -0.1) is 0 Å². The van der Waals surface area contributed by atoms with E-state index in [1.165, 1.54) is 4.31 Å². The molecule has 1 fully saturated rings. The van der Waals surface area contributed by atoms with Crippen LogP contribution < -0.4 is 14.8 Å². The van der Waals surface area contributed by atoms with Gasteiger partial charge in [-0.05, 0) is 44.4 Å². The van der Waals surface area contributed by atoms with E-state index in [1.54, 1.807) is 21.1 Å². The van der Waals surface area contributed by atoms with E-state index in [2.05, 4.69) is 5.32 Å². The quantitative estimate of drug-likeness (QED) is 0.777. The van der Waals surface area contributed by atoms with Gasteiger partial charge in [-0.1, -0.05) is 6.07 Å². The molecule has 26 heavy (non-hydrogen) atoms. The largest absolute Gasteiger partial charge is 0.493 e. The molecule has 1 saturated heterocycles. The topological polar surface area (TPSA) is 84.9 Å². The highest BCUT2D eigenvalue weighted by molar-refractivity contribution is 7.89. The molecule has 2 rings (SSSR count). The van der Waals surface area contributed by atoms with Gasteiger partial charge in [-0.2, -0.15) is 0 Å². The summed E-state index contributed by atoms with van der Waals surface area (Å²) in [5.41, 5.74) is 0.919. The molecule has 1 aliphatic rings. The van der Waals surface area contributed by atoms with Gasteiger partial charge in [0.15, 0.2) is 11.5 Å². The molecule has 0 aliphatic carbocycles. The fourth-order valence-electron chi connectivity index (χ4n) is 3.12. The lowest BCUT2D eigenvalue weighted by Gasteiger charge is -2.31. The van der Waals surface area contributed by atoms with Crippen LogP contribution in [0, 0.1) is 5.92 Å². The lowest BCUT2D eigenvalue weighted by molar-refractivity contribution is -0.126. The van der Waals surface area contributed by atoms with E-state index in [-0.39, 0.29) is 23.6 Å². The zero-order chi connectivity index (χ0) is 19.3. The van der Waals surface area contributed by atoms with Crippen molar-refractivity contribution in [3.63, 3.8) is 0 Å². The van der Waals surface area contributed by atoms with Crippen molar-refractivity contribution in [3.05, 3.63) is 23.8 Å². The van der Waals surface area contributed by atoms with Gasteiger partial charge in [0, 0.05) is 19.0 Å². The van der Waals surface area contributed by atoms with Crippen molar-refractivity contribution in [3.8, 4) is 11.5 Å². The van der Waals surface area contributed by atoms with Crippen molar-refractivity contribution in [1.29, 1.82) is 0 Å². The van der Waals surface area contributed by atoms with Gasteiger partial charge >= 0.3 is 0 Å². The number of amides is 1. The molecule has 8 heteroatoms. The molecular formula is C18H28N2O5S. The molecule has 1 aliphatic heterocycles. The van der Waals surface area contributed by atoms with Crippen LogP contribution in [-0.4, -0.2) is 51.7 Å². The van der Waals surface area contributed by atoms with Crippen LogP contribution in [0.3, 0.4) is 0 Å². The predicted molar refractivity (Wildman–Crippen MR) is 99.9 cm³/mol. The molecule has 146 valence electrons. The Kier molecular flexibility index (Phi) is 6.88. The second-order valence-corrected chi connectivity index (χ2v) is 8.68. The first-order chi connectivity index (χ1) is 12.3. The highest BCUT2D eigenvalue weighted by atomic mass is 32.2. The van der Waals surface area contributed by atoms with E-state index in [9.17, 15) is 13.2 Å². The summed E-state index contributed by atoms with van der Waals surface area (Å²) in [5.74, 6) is 1.14. The van der Waals surface area contributed by atoms with Crippen molar-refractivity contribution in [2.75, 3.05) is 33.1 Å². The molecule has 0 aromatic heterocycles. The van der Waals surface area contributed by atoms with Gasteiger partial charge < -0.3 is 14.8 Å². The minimum atomic E-state index is -3.17. The van der Waals surface area contributed by atoms with Crippen LogP contribution >= 0.6 is 0 Å². The highest BCUT2D eigenvalue weighted by Gasteiger charge is 2.30. The normalized spacial score (nSPS) is 17.5. The summed E-state index contributed by atoms with van der Waals surface area (Å²) in [5, 5.41) is 3.02. The number of nitrogens with zero attached hydrogens (tertiary/aromatic N) is 1. The Morgan fingerprint density at radius 3 is 2.38 bits per heavy atom. The van der Waals surface area contributed by atoms with Crippen molar-refractivity contribution in [2.45, 2.75) is 32.7 Å². The third-order valence-corrected chi connectivity index (χ3v) is 6.73. The van der Waals surface area contributed by atoms with Crippen molar-refractivity contribution >= 4 is 15.9 Å². The SMILES string of the molecule is CCS(=O)(=O)N1CCC(C(=O)N[C@@H](C)c2ccc(OC)c(OC)c2)CC1. The van der Waals surface area contributed by atoms with Crippen LogP contribution in [-0.2, 0) is 14.8 Å². The first-order valence-corrected chi connectivity index (χ1v) is 10.4. The van der Waals surface area contributed by atoms with Crippen LogP contribution in [0.15, 0.2) is 18.2 Å². The summed E-state index contributed by atoms with van der Waals surface area (Å²) in [7, 11) is -0.0252. The van der Waals surface area contributed by atoms with Crippen molar-refractivity contribution in [2.24, 2.45) is 5.92 Å². The number of nitrogens with one attached hydrogen (secondary N) is 1. The number of piperidine rings is 1. The average Bonchev–Trinajstić information content (AvgIpc) is 2.67. The Morgan fingerprint density at radius 1 is 1.23 bits per heavy atom. The van der Waals surface area contributed by atoms with E-state index in [4.69, 9.17) is 9.47 Å². The standard InChI is InChI=1S/C18H28N2O5S/c1-5-26(22,23)20-10-8-14(9-11-20)18(21)19-13(2)15-6-7-16(24-3)17(12-15)25-4/h6-7,12-14H,5,8-11H2,1-4H3,(H,19,21)/t13-/m0/s1. The summed E-state index contributed by atoms with van der Waals surface area (Å²) in [6.45, 7) is 4.35. The average molecular weight is 384 g/mol. The number of benzene rings is 1. The smallest absolute Gasteiger partial charge is 0.223 e. The van der Waals surface area contributed by atoms with Gasteiger partial charge in [0.2, 0.25) is 15.9 Å². The van der Waals surface area contributed by atoms with Gasteiger partial charge in [-0.3, -0.25) is 4.79 Å². The lowest BCUT2D eigenvalue weighted by atomic mass is 9.96. The third-order valence-electron chi connectivity index (χ3n) is 4.85. The van der Waals surface area contributed by atoms with E-state index < -0.39 is 10.0 Å². The monoisotopic (exact) mass is 384 g/mol. The van der Waals surface area contributed by atoms with E-state index >= 15 is 0 Å². The van der Waals surface area contributed by atoms with Crippen molar-refractivity contribution < 1.29 is 22.7 Å². The fourth-order valence-corrected chi connectivity index (χ4v) is 4.25. The molecule has 0 saturated carbocycles. The number of sulfonamides is 1. The van der Waals surface area contributed by atoms with Crippen LogP contribution in [0.25, 0.3) is 0 Å². The lowest BCUT2D eigenvalue weighted by Crippen LogP contribution is -2.43.